The third-order valence-corrected chi connectivity index (χ3v) is 8.72. The number of esters is 1. The maximum absolute atomic E-state index is 13.9. The third kappa shape index (κ3) is 4.67. The molecular formula is C33H33NO10. The van der Waals surface area contributed by atoms with Gasteiger partial charge >= 0.3 is 5.97 Å². The standard InChI is InChI=1S/C33H33NO10/c1-16-27-18(11-19-15-33(3)34(9-10-42-33)32(39)28(19)31(27)43-17(2)35)7-6-8-22(36)30-21(29(16)38)12-23(37)20-13-25(40-4)26(41-5)14-24(20)44-30/h6-7,11,13-14,20,24,29,38H,1,8-10,12,15H2,2-5H3/b7-6-. The lowest BCUT2D eigenvalue weighted by molar-refractivity contribution is -0.132. The number of nitrogens with zero attached hydrogens (tertiary/aromatic N) is 1. The lowest BCUT2D eigenvalue weighted by atomic mass is 9.82. The van der Waals surface area contributed by atoms with E-state index in [4.69, 9.17) is 23.7 Å². The Morgan fingerprint density at radius 3 is 2.57 bits per heavy atom. The van der Waals surface area contributed by atoms with E-state index in [1.54, 1.807) is 35.3 Å². The van der Waals surface area contributed by atoms with E-state index in [1.165, 1.54) is 21.1 Å². The Hall–Kier alpha value is -4.48. The minimum atomic E-state index is -1.59. The monoisotopic (exact) mass is 603 g/mol. The van der Waals surface area contributed by atoms with Gasteiger partial charge in [-0.1, -0.05) is 18.7 Å². The fourth-order valence-electron chi connectivity index (χ4n) is 6.63. The number of carbonyl (C=O) groups excluding carboxylic acids is 4. The highest BCUT2D eigenvalue weighted by Crippen LogP contribution is 2.46. The summed E-state index contributed by atoms with van der Waals surface area (Å²) in [4.78, 5) is 55.1. The predicted molar refractivity (Wildman–Crippen MR) is 156 cm³/mol. The highest BCUT2D eigenvalue weighted by atomic mass is 16.5. The van der Waals surface area contributed by atoms with Gasteiger partial charge in [-0.2, -0.15) is 0 Å². The van der Waals surface area contributed by atoms with E-state index >= 15 is 0 Å². The number of fused-ring (bicyclic) bond motifs is 4. The summed E-state index contributed by atoms with van der Waals surface area (Å²) >= 11 is 0. The zero-order valence-electron chi connectivity index (χ0n) is 24.9. The smallest absolute Gasteiger partial charge is 0.308 e. The molecule has 1 saturated heterocycles. The number of hydrogen-bond acceptors (Lipinski definition) is 10. The van der Waals surface area contributed by atoms with E-state index in [2.05, 4.69) is 6.58 Å². The number of carbonyl (C=O) groups is 4. The first kappa shape index (κ1) is 29.6. The summed E-state index contributed by atoms with van der Waals surface area (Å²) in [6, 6.07) is 1.77. The molecule has 230 valence electrons. The maximum atomic E-state index is 13.9. The average Bonchev–Trinajstić information content (AvgIpc) is 3.31. The van der Waals surface area contributed by atoms with Crippen LogP contribution in [0.25, 0.3) is 11.6 Å². The molecule has 0 radical (unpaired) electrons. The normalized spacial score (nSPS) is 28.7. The lowest BCUT2D eigenvalue weighted by Crippen LogP contribution is -2.51. The van der Waals surface area contributed by atoms with Crippen LogP contribution in [0.2, 0.25) is 0 Å². The Morgan fingerprint density at radius 2 is 1.86 bits per heavy atom. The number of aliphatic hydroxyl groups is 1. The summed E-state index contributed by atoms with van der Waals surface area (Å²) in [6.07, 6.45) is 3.88. The minimum Gasteiger partial charge on any atom is -0.493 e. The second-order valence-electron chi connectivity index (χ2n) is 11.5. The van der Waals surface area contributed by atoms with Crippen molar-refractivity contribution >= 4 is 35.1 Å². The van der Waals surface area contributed by atoms with E-state index in [9.17, 15) is 24.3 Å². The molecule has 3 heterocycles. The molecule has 0 aromatic heterocycles. The van der Waals surface area contributed by atoms with Crippen LogP contribution in [0.5, 0.6) is 5.75 Å². The van der Waals surface area contributed by atoms with Gasteiger partial charge in [0.1, 0.15) is 23.7 Å². The first-order valence-corrected chi connectivity index (χ1v) is 14.3. The first-order chi connectivity index (χ1) is 21.0. The van der Waals surface area contributed by atoms with Crippen LogP contribution in [-0.4, -0.2) is 78.8 Å². The van der Waals surface area contributed by atoms with Crippen LogP contribution in [0.4, 0.5) is 0 Å². The van der Waals surface area contributed by atoms with Gasteiger partial charge in [-0.3, -0.25) is 19.2 Å². The first-order valence-electron chi connectivity index (χ1n) is 14.3. The van der Waals surface area contributed by atoms with Crippen molar-refractivity contribution in [1.29, 1.82) is 0 Å². The van der Waals surface area contributed by atoms with Crippen LogP contribution in [-0.2, 0) is 39.8 Å². The zero-order valence-corrected chi connectivity index (χ0v) is 24.9. The number of Topliss-reactive ketones (excluding diaryl/α,β-unsaturated/α-hetero) is 2. The summed E-state index contributed by atoms with van der Waals surface area (Å²) in [5.74, 6) is -2.11. The van der Waals surface area contributed by atoms with Crippen LogP contribution < -0.4 is 4.74 Å². The minimum absolute atomic E-state index is 0.0266. The molecule has 44 heavy (non-hydrogen) atoms. The number of amides is 1. The van der Waals surface area contributed by atoms with Gasteiger partial charge in [0.15, 0.2) is 23.0 Å². The van der Waals surface area contributed by atoms with E-state index < -0.39 is 35.6 Å². The molecule has 0 spiro atoms. The number of ketones is 2. The van der Waals surface area contributed by atoms with Gasteiger partial charge in [0.25, 0.3) is 5.91 Å². The molecule has 5 aliphatic rings. The summed E-state index contributed by atoms with van der Waals surface area (Å²) in [6.45, 7) is 7.93. The molecule has 4 unspecified atom stereocenters. The molecular weight excluding hydrogens is 570 g/mol. The van der Waals surface area contributed by atoms with E-state index in [-0.39, 0.29) is 58.3 Å². The van der Waals surface area contributed by atoms with E-state index in [0.29, 0.717) is 42.2 Å². The fraction of sp³-hybridized carbons (Fsp3) is 0.394. The summed E-state index contributed by atoms with van der Waals surface area (Å²) in [5, 5.41) is 11.8. The molecule has 11 nitrogen and oxygen atoms in total. The van der Waals surface area contributed by atoms with Crippen molar-refractivity contribution in [1.82, 2.24) is 4.90 Å². The molecule has 3 aliphatic heterocycles. The number of allylic oxidation sites excluding steroid dienone is 2. The Morgan fingerprint density at radius 1 is 1.14 bits per heavy atom. The predicted octanol–water partition coefficient (Wildman–Crippen LogP) is 3.02. The van der Waals surface area contributed by atoms with Crippen molar-refractivity contribution in [2.75, 3.05) is 27.4 Å². The number of hydrogen-bond donors (Lipinski definition) is 1. The number of methoxy groups -OCH3 is 2. The highest BCUT2D eigenvalue weighted by Gasteiger charge is 2.48. The molecule has 2 aliphatic carbocycles. The SMILES string of the molecule is C=C1c2c(cc3c(c2OC(C)=O)C(=O)N2CCOC2(C)C3)/C=C\CC(=O)C2=C(CC(=O)C3C=C(OC)C(OC)=CC3O2)C1O. The van der Waals surface area contributed by atoms with Crippen LogP contribution in [0, 0.1) is 5.92 Å². The van der Waals surface area contributed by atoms with Crippen molar-refractivity contribution in [2.45, 2.75) is 51.0 Å². The molecule has 6 rings (SSSR count). The van der Waals surface area contributed by atoms with Crippen molar-refractivity contribution < 1.29 is 48.0 Å². The van der Waals surface area contributed by atoms with E-state index in [1.807, 2.05) is 6.92 Å². The van der Waals surface area contributed by atoms with Crippen LogP contribution >= 0.6 is 0 Å². The maximum Gasteiger partial charge on any atom is 0.308 e. The number of benzene rings is 1. The Balaban J connectivity index is 1.51. The zero-order chi connectivity index (χ0) is 31.5. The summed E-state index contributed by atoms with van der Waals surface area (Å²) < 4.78 is 28.6. The average molecular weight is 604 g/mol. The fourth-order valence-corrected chi connectivity index (χ4v) is 6.63. The Labute approximate surface area is 254 Å². The summed E-state index contributed by atoms with van der Waals surface area (Å²) in [7, 11) is 2.91. The van der Waals surface area contributed by atoms with Crippen LogP contribution in [0.1, 0.15) is 53.7 Å². The van der Waals surface area contributed by atoms with Crippen molar-refractivity contribution in [3.05, 3.63) is 76.0 Å². The number of rotatable bonds is 3. The van der Waals surface area contributed by atoms with Gasteiger partial charge in [0.05, 0.1) is 32.3 Å². The second kappa shape index (κ2) is 10.9. The Bertz CT molecular complexity index is 1650. The lowest BCUT2D eigenvalue weighted by Gasteiger charge is -2.39. The van der Waals surface area contributed by atoms with Crippen molar-refractivity contribution in [3.63, 3.8) is 0 Å². The largest absolute Gasteiger partial charge is 0.493 e. The van der Waals surface area contributed by atoms with Gasteiger partial charge in [-0.25, -0.2) is 0 Å². The highest BCUT2D eigenvalue weighted by molar-refractivity contribution is 6.05. The molecule has 0 saturated carbocycles. The van der Waals surface area contributed by atoms with Gasteiger partial charge in [0, 0.05) is 49.9 Å². The molecule has 1 amide bonds. The molecule has 0 bridgehead atoms. The van der Waals surface area contributed by atoms with Crippen molar-refractivity contribution in [2.24, 2.45) is 5.92 Å². The number of aliphatic hydroxyl groups excluding tert-OH is 1. The number of ether oxygens (including phenoxy) is 5. The molecule has 11 heteroatoms. The van der Waals surface area contributed by atoms with E-state index in [0.717, 1.165) is 0 Å². The Kier molecular flexibility index (Phi) is 7.33. The summed E-state index contributed by atoms with van der Waals surface area (Å²) in [5.41, 5.74) is 0.683. The molecule has 1 aromatic rings. The quantitative estimate of drug-likeness (QED) is 0.405. The molecule has 4 atom stereocenters. The molecule has 1 N–H and O–H groups in total. The molecule has 1 aromatic carbocycles. The van der Waals surface area contributed by atoms with Gasteiger partial charge < -0.3 is 33.7 Å². The third-order valence-electron chi connectivity index (χ3n) is 8.72. The van der Waals surface area contributed by atoms with Crippen LogP contribution in [0.15, 0.2) is 53.7 Å². The van der Waals surface area contributed by atoms with Gasteiger partial charge in [-0.15, -0.1) is 0 Å². The second-order valence-corrected chi connectivity index (χ2v) is 11.5. The van der Waals surface area contributed by atoms with Gasteiger partial charge in [0.2, 0.25) is 5.78 Å². The molecule has 1 fully saturated rings. The van der Waals surface area contributed by atoms with Crippen molar-refractivity contribution in [3.8, 4) is 5.75 Å². The topological polar surface area (TPSA) is 138 Å². The van der Waals surface area contributed by atoms with Crippen LogP contribution in [0.3, 0.4) is 0 Å². The van der Waals surface area contributed by atoms with Gasteiger partial charge in [-0.05, 0) is 35.8 Å².